The van der Waals surface area contributed by atoms with Gasteiger partial charge >= 0.3 is 0 Å². The summed E-state index contributed by atoms with van der Waals surface area (Å²) in [5.41, 5.74) is 7.58. The Labute approximate surface area is 105 Å². The molecule has 90 valence electrons. The van der Waals surface area contributed by atoms with Crippen molar-refractivity contribution in [3.63, 3.8) is 0 Å². The highest BCUT2D eigenvalue weighted by atomic mass is 15.4. The average molecular weight is 238 g/mol. The molecule has 1 heterocycles. The molecule has 0 atom stereocenters. The zero-order chi connectivity index (χ0) is 12.4. The van der Waals surface area contributed by atoms with Crippen LogP contribution in [0.5, 0.6) is 0 Å². The van der Waals surface area contributed by atoms with Crippen LogP contribution >= 0.6 is 0 Å². The van der Waals surface area contributed by atoms with E-state index in [1.54, 1.807) is 0 Å². The van der Waals surface area contributed by atoms with Gasteiger partial charge < -0.3 is 5.73 Å². The summed E-state index contributed by atoms with van der Waals surface area (Å²) in [6.45, 7) is 1.14. The summed E-state index contributed by atoms with van der Waals surface area (Å²) in [6.07, 6.45) is 1.89. The van der Waals surface area contributed by atoms with Crippen LogP contribution in [0, 0.1) is 0 Å². The van der Waals surface area contributed by atoms with Crippen LogP contribution in [0.15, 0.2) is 48.7 Å². The fourth-order valence-corrected chi connectivity index (χ4v) is 2.11. The molecule has 0 aliphatic rings. The highest BCUT2D eigenvalue weighted by Gasteiger charge is 2.03. The molecule has 0 amide bonds. The standard InChI is InChI=1S/C14H14N4/c15-8-13-10-18(17-16-13)9-12-6-3-5-11-4-1-2-7-14(11)12/h1-7,10H,8-9,15H2. The lowest BCUT2D eigenvalue weighted by molar-refractivity contribution is 0.652. The molecule has 2 aromatic carbocycles. The van der Waals surface area contributed by atoms with Gasteiger partial charge in [0.25, 0.3) is 0 Å². The Morgan fingerprint density at radius 1 is 1.06 bits per heavy atom. The molecule has 2 N–H and O–H groups in total. The number of nitrogens with zero attached hydrogens (tertiary/aromatic N) is 3. The highest BCUT2D eigenvalue weighted by molar-refractivity contribution is 5.85. The smallest absolute Gasteiger partial charge is 0.0962 e. The predicted octanol–water partition coefficient (Wildman–Crippen LogP) is 1.94. The summed E-state index contributed by atoms with van der Waals surface area (Å²) in [4.78, 5) is 0. The lowest BCUT2D eigenvalue weighted by Gasteiger charge is -2.05. The Kier molecular flexibility index (Phi) is 2.78. The van der Waals surface area contributed by atoms with Gasteiger partial charge in [-0.05, 0) is 16.3 Å². The van der Waals surface area contributed by atoms with Gasteiger partial charge in [0.1, 0.15) is 0 Å². The molecular weight excluding hydrogens is 224 g/mol. The first kappa shape index (κ1) is 10.9. The molecule has 0 bridgehead atoms. The van der Waals surface area contributed by atoms with Crippen molar-refractivity contribution in [2.75, 3.05) is 0 Å². The maximum absolute atomic E-state index is 5.53. The van der Waals surface area contributed by atoms with Gasteiger partial charge in [0.15, 0.2) is 0 Å². The maximum Gasteiger partial charge on any atom is 0.0962 e. The SMILES string of the molecule is NCc1cn(Cc2cccc3ccccc23)nn1. The van der Waals surface area contributed by atoms with Gasteiger partial charge in [-0.15, -0.1) is 5.10 Å². The molecule has 1 aromatic heterocycles. The molecular formula is C14H14N4. The molecule has 3 aromatic rings. The Hall–Kier alpha value is -2.20. The molecule has 3 rings (SSSR count). The molecule has 0 unspecified atom stereocenters. The lowest BCUT2D eigenvalue weighted by atomic mass is 10.0. The number of fused-ring (bicyclic) bond motifs is 1. The number of rotatable bonds is 3. The largest absolute Gasteiger partial charge is 0.325 e. The normalized spacial score (nSPS) is 10.9. The second-order valence-electron chi connectivity index (χ2n) is 4.25. The quantitative estimate of drug-likeness (QED) is 0.758. The van der Waals surface area contributed by atoms with Gasteiger partial charge in [0.05, 0.1) is 18.4 Å². The minimum absolute atomic E-state index is 0.426. The third kappa shape index (κ3) is 1.98. The topological polar surface area (TPSA) is 56.7 Å². The van der Waals surface area contributed by atoms with Crippen LogP contribution in [0.2, 0.25) is 0 Å². The maximum atomic E-state index is 5.53. The van der Waals surface area contributed by atoms with Crippen LogP contribution in [-0.4, -0.2) is 15.0 Å². The third-order valence-electron chi connectivity index (χ3n) is 3.01. The average Bonchev–Trinajstić information content (AvgIpc) is 2.87. The van der Waals surface area contributed by atoms with E-state index in [9.17, 15) is 0 Å². The van der Waals surface area contributed by atoms with E-state index in [1.165, 1.54) is 16.3 Å². The van der Waals surface area contributed by atoms with Gasteiger partial charge in [0.2, 0.25) is 0 Å². The van der Waals surface area contributed by atoms with Crippen LogP contribution < -0.4 is 5.73 Å². The van der Waals surface area contributed by atoms with E-state index in [0.717, 1.165) is 5.69 Å². The monoisotopic (exact) mass is 238 g/mol. The number of nitrogens with two attached hydrogens (primary N) is 1. The molecule has 0 fully saturated rings. The fourth-order valence-electron chi connectivity index (χ4n) is 2.11. The summed E-state index contributed by atoms with van der Waals surface area (Å²) in [7, 11) is 0. The van der Waals surface area contributed by atoms with Crippen molar-refractivity contribution < 1.29 is 0 Å². The van der Waals surface area contributed by atoms with Crippen LogP contribution in [0.3, 0.4) is 0 Å². The van der Waals surface area contributed by atoms with E-state index in [-0.39, 0.29) is 0 Å². The first-order valence-electron chi connectivity index (χ1n) is 5.92. The number of hydrogen-bond acceptors (Lipinski definition) is 3. The molecule has 0 aliphatic heterocycles. The second kappa shape index (κ2) is 4.58. The van der Waals surface area contributed by atoms with Gasteiger partial charge in [-0.1, -0.05) is 47.7 Å². The van der Waals surface area contributed by atoms with Crippen LogP contribution in [-0.2, 0) is 13.1 Å². The van der Waals surface area contributed by atoms with E-state index in [4.69, 9.17) is 5.73 Å². The van der Waals surface area contributed by atoms with Gasteiger partial charge in [-0.3, -0.25) is 0 Å². The molecule has 0 saturated heterocycles. The summed E-state index contributed by atoms with van der Waals surface area (Å²) in [5.74, 6) is 0. The zero-order valence-corrected chi connectivity index (χ0v) is 9.95. The number of aromatic nitrogens is 3. The van der Waals surface area contributed by atoms with Crippen molar-refractivity contribution >= 4 is 10.8 Å². The van der Waals surface area contributed by atoms with Crippen LogP contribution in [0.1, 0.15) is 11.3 Å². The number of benzene rings is 2. The summed E-state index contributed by atoms with van der Waals surface area (Å²) in [5, 5.41) is 10.6. The minimum atomic E-state index is 0.426. The molecule has 4 heteroatoms. The summed E-state index contributed by atoms with van der Waals surface area (Å²) < 4.78 is 1.82. The molecule has 0 saturated carbocycles. The van der Waals surface area contributed by atoms with E-state index in [0.29, 0.717) is 13.1 Å². The predicted molar refractivity (Wildman–Crippen MR) is 71.0 cm³/mol. The van der Waals surface area contributed by atoms with Crippen molar-refractivity contribution in [1.82, 2.24) is 15.0 Å². The second-order valence-corrected chi connectivity index (χ2v) is 4.25. The Morgan fingerprint density at radius 3 is 2.72 bits per heavy atom. The van der Waals surface area contributed by atoms with Gasteiger partial charge in [-0.25, -0.2) is 4.68 Å². The molecule has 0 aliphatic carbocycles. The Balaban J connectivity index is 1.99. The third-order valence-corrected chi connectivity index (χ3v) is 3.01. The summed E-state index contributed by atoms with van der Waals surface area (Å²) in [6, 6.07) is 14.7. The van der Waals surface area contributed by atoms with Crippen molar-refractivity contribution in [1.29, 1.82) is 0 Å². The van der Waals surface area contributed by atoms with Crippen molar-refractivity contribution in [2.24, 2.45) is 5.73 Å². The molecule has 0 spiro atoms. The molecule has 18 heavy (non-hydrogen) atoms. The lowest BCUT2D eigenvalue weighted by Crippen LogP contribution is -2.01. The first-order chi connectivity index (χ1) is 8.86. The molecule has 0 radical (unpaired) electrons. The van der Waals surface area contributed by atoms with E-state index < -0.39 is 0 Å². The van der Waals surface area contributed by atoms with Crippen molar-refractivity contribution in [3.05, 3.63) is 59.9 Å². The fraction of sp³-hybridized carbons (Fsp3) is 0.143. The van der Waals surface area contributed by atoms with Crippen LogP contribution in [0.25, 0.3) is 10.8 Å². The summed E-state index contributed by atoms with van der Waals surface area (Å²) >= 11 is 0. The van der Waals surface area contributed by atoms with Gasteiger partial charge in [0, 0.05) is 6.54 Å². The Bertz CT molecular complexity index is 667. The van der Waals surface area contributed by atoms with Gasteiger partial charge in [-0.2, -0.15) is 0 Å². The highest BCUT2D eigenvalue weighted by Crippen LogP contribution is 2.19. The first-order valence-corrected chi connectivity index (χ1v) is 5.92. The van der Waals surface area contributed by atoms with E-state index in [2.05, 4.69) is 46.7 Å². The number of hydrogen-bond donors (Lipinski definition) is 1. The van der Waals surface area contributed by atoms with E-state index in [1.807, 2.05) is 16.9 Å². The minimum Gasteiger partial charge on any atom is -0.325 e. The van der Waals surface area contributed by atoms with Crippen molar-refractivity contribution in [3.8, 4) is 0 Å². The van der Waals surface area contributed by atoms with Crippen molar-refractivity contribution in [2.45, 2.75) is 13.1 Å². The van der Waals surface area contributed by atoms with E-state index >= 15 is 0 Å². The zero-order valence-electron chi connectivity index (χ0n) is 9.95. The van der Waals surface area contributed by atoms with Crippen LogP contribution in [0.4, 0.5) is 0 Å². The molecule has 4 nitrogen and oxygen atoms in total. The Morgan fingerprint density at radius 2 is 1.89 bits per heavy atom.